The molecule has 1 fully saturated rings. The highest BCUT2D eigenvalue weighted by Crippen LogP contribution is 2.29. The van der Waals surface area contributed by atoms with Gasteiger partial charge in [0.05, 0.1) is 36.7 Å². The highest BCUT2D eigenvalue weighted by Gasteiger charge is 2.23. The van der Waals surface area contributed by atoms with E-state index in [2.05, 4.69) is 26.4 Å². The number of ether oxygens (including phenoxy) is 2. The third-order valence-electron chi connectivity index (χ3n) is 5.54. The molecule has 0 bridgehead atoms. The SMILES string of the molecule is O=C(NCC1=NOC(COc2ccccc2N2CCOCC2)C1)c1ccc2nccn2c1. The molecule has 1 atom stereocenters. The number of imidazole rings is 1. The van der Waals surface area contributed by atoms with Crippen molar-refractivity contribution in [3.8, 4) is 5.75 Å². The molecule has 9 heteroatoms. The lowest BCUT2D eigenvalue weighted by atomic mass is 10.2. The van der Waals surface area contributed by atoms with E-state index in [1.54, 1.807) is 18.5 Å². The topological polar surface area (TPSA) is 89.7 Å². The normalized spacial score (nSPS) is 18.3. The van der Waals surface area contributed by atoms with Gasteiger partial charge in [-0.1, -0.05) is 17.3 Å². The molecule has 0 aliphatic carbocycles. The first-order valence-corrected chi connectivity index (χ1v) is 10.7. The fourth-order valence-electron chi connectivity index (χ4n) is 3.85. The van der Waals surface area contributed by atoms with Gasteiger partial charge in [-0.05, 0) is 24.3 Å². The number of carbonyl (C=O) groups excluding carboxylic acids is 1. The number of amides is 1. The molecule has 1 aromatic carbocycles. The summed E-state index contributed by atoms with van der Waals surface area (Å²) in [6.07, 6.45) is 5.70. The summed E-state index contributed by atoms with van der Waals surface area (Å²) < 4.78 is 13.3. The number of nitrogens with one attached hydrogen (secondary N) is 1. The quantitative estimate of drug-likeness (QED) is 0.612. The summed E-state index contributed by atoms with van der Waals surface area (Å²) in [5.41, 5.74) is 3.22. The van der Waals surface area contributed by atoms with Crippen LogP contribution in [0.25, 0.3) is 5.65 Å². The second-order valence-corrected chi connectivity index (χ2v) is 7.76. The number of para-hydroxylation sites is 2. The first-order valence-electron chi connectivity index (χ1n) is 10.7. The van der Waals surface area contributed by atoms with E-state index in [4.69, 9.17) is 14.3 Å². The van der Waals surface area contributed by atoms with Crippen molar-refractivity contribution in [2.24, 2.45) is 5.16 Å². The minimum atomic E-state index is -0.179. The van der Waals surface area contributed by atoms with Gasteiger partial charge in [-0.25, -0.2) is 4.98 Å². The lowest BCUT2D eigenvalue weighted by Crippen LogP contribution is -2.36. The number of rotatable bonds is 7. The molecule has 3 aromatic rings. The minimum Gasteiger partial charge on any atom is -0.487 e. The molecule has 9 nitrogen and oxygen atoms in total. The zero-order valence-corrected chi connectivity index (χ0v) is 17.6. The Balaban J connectivity index is 1.11. The molecule has 1 amide bonds. The summed E-state index contributed by atoms with van der Waals surface area (Å²) >= 11 is 0. The van der Waals surface area contributed by atoms with Crippen LogP contribution in [0.3, 0.4) is 0 Å². The van der Waals surface area contributed by atoms with Crippen LogP contribution in [0.15, 0.2) is 60.1 Å². The van der Waals surface area contributed by atoms with Crippen molar-refractivity contribution < 1.29 is 19.1 Å². The summed E-state index contributed by atoms with van der Waals surface area (Å²) in [6.45, 7) is 3.86. The minimum absolute atomic E-state index is 0.164. The van der Waals surface area contributed by atoms with Gasteiger partial charge >= 0.3 is 0 Å². The van der Waals surface area contributed by atoms with Crippen LogP contribution in [0, 0.1) is 0 Å². The van der Waals surface area contributed by atoms with Crippen LogP contribution in [0.5, 0.6) is 5.75 Å². The molecule has 1 N–H and O–H groups in total. The smallest absolute Gasteiger partial charge is 0.253 e. The molecule has 4 heterocycles. The van der Waals surface area contributed by atoms with E-state index in [-0.39, 0.29) is 12.0 Å². The van der Waals surface area contributed by atoms with Crippen LogP contribution >= 0.6 is 0 Å². The van der Waals surface area contributed by atoms with Crippen LogP contribution < -0.4 is 15.0 Å². The number of pyridine rings is 1. The number of benzene rings is 1. The van der Waals surface area contributed by atoms with Crippen LogP contribution in [0.1, 0.15) is 16.8 Å². The number of aromatic nitrogens is 2. The summed E-state index contributed by atoms with van der Waals surface area (Å²) in [5, 5.41) is 7.03. The maximum absolute atomic E-state index is 12.5. The molecule has 2 aliphatic heterocycles. The van der Waals surface area contributed by atoms with Gasteiger partial charge in [0, 0.05) is 38.1 Å². The van der Waals surface area contributed by atoms with Crippen molar-refractivity contribution in [3.05, 3.63) is 60.6 Å². The zero-order valence-electron chi connectivity index (χ0n) is 17.6. The van der Waals surface area contributed by atoms with Gasteiger partial charge in [-0.3, -0.25) is 4.79 Å². The predicted octanol–water partition coefficient (Wildman–Crippen LogP) is 2.12. The van der Waals surface area contributed by atoms with E-state index in [9.17, 15) is 4.79 Å². The average Bonchev–Trinajstić information content (AvgIpc) is 3.51. The number of nitrogens with zero attached hydrogens (tertiary/aromatic N) is 4. The fraction of sp³-hybridized carbons (Fsp3) is 0.348. The third kappa shape index (κ3) is 4.52. The number of fused-ring (bicyclic) bond motifs is 1. The van der Waals surface area contributed by atoms with Crippen molar-refractivity contribution >= 4 is 23.0 Å². The lowest BCUT2D eigenvalue weighted by molar-refractivity contribution is 0.0470. The van der Waals surface area contributed by atoms with E-state index in [1.165, 1.54) is 0 Å². The van der Waals surface area contributed by atoms with Gasteiger partial charge in [0.25, 0.3) is 5.91 Å². The Morgan fingerprint density at radius 3 is 2.97 bits per heavy atom. The molecule has 166 valence electrons. The van der Waals surface area contributed by atoms with Crippen LogP contribution in [0.2, 0.25) is 0 Å². The second kappa shape index (κ2) is 9.27. The van der Waals surface area contributed by atoms with Crippen molar-refractivity contribution in [1.29, 1.82) is 0 Å². The van der Waals surface area contributed by atoms with Gasteiger partial charge in [0.2, 0.25) is 0 Å². The highest BCUT2D eigenvalue weighted by molar-refractivity contribution is 5.98. The van der Waals surface area contributed by atoms with Crippen molar-refractivity contribution in [2.45, 2.75) is 12.5 Å². The summed E-state index contributed by atoms with van der Waals surface area (Å²) in [6, 6.07) is 11.6. The van der Waals surface area contributed by atoms with Crippen molar-refractivity contribution in [1.82, 2.24) is 14.7 Å². The van der Waals surface area contributed by atoms with Gasteiger partial charge in [0.15, 0.2) is 6.10 Å². The monoisotopic (exact) mass is 435 g/mol. The molecule has 1 saturated heterocycles. The Morgan fingerprint density at radius 2 is 2.06 bits per heavy atom. The van der Waals surface area contributed by atoms with Crippen LogP contribution in [-0.2, 0) is 9.57 Å². The summed E-state index contributed by atoms with van der Waals surface area (Å²) in [4.78, 5) is 24.4. The van der Waals surface area contributed by atoms with Crippen molar-refractivity contribution in [2.75, 3.05) is 44.4 Å². The van der Waals surface area contributed by atoms with Gasteiger partial charge in [-0.2, -0.15) is 0 Å². The van der Waals surface area contributed by atoms with E-state index < -0.39 is 0 Å². The molecular weight excluding hydrogens is 410 g/mol. The summed E-state index contributed by atoms with van der Waals surface area (Å²) in [7, 11) is 0. The first kappa shape index (κ1) is 20.3. The Labute approximate surface area is 185 Å². The summed E-state index contributed by atoms with van der Waals surface area (Å²) in [5.74, 6) is 0.664. The van der Waals surface area contributed by atoms with Gasteiger partial charge < -0.3 is 28.9 Å². The van der Waals surface area contributed by atoms with E-state index >= 15 is 0 Å². The number of hydrogen-bond donors (Lipinski definition) is 1. The number of oxime groups is 1. The molecule has 0 spiro atoms. The fourth-order valence-corrected chi connectivity index (χ4v) is 3.85. The van der Waals surface area contributed by atoms with E-state index in [1.807, 2.05) is 34.9 Å². The Kier molecular flexibility index (Phi) is 5.89. The molecule has 2 aromatic heterocycles. The molecule has 1 unspecified atom stereocenters. The molecular formula is C23H25N5O4. The van der Waals surface area contributed by atoms with Crippen molar-refractivity contribution in [3.63, 3.8) is 0 Å². The Morgan fingerprint density at radius 1 is 1.19 bits per heavy atom. The third-order valence-corrected chi connectivity index (χ3v) is 5.54. The molecule has 0 saturated carbocycles. The molecule has 32 heavy (non-hydrogen) atoms. The standard InChI is InChI=1S/C23H25N5O4/c29-23(17-5-6-22-24-7-8-28(22)15-17)25-14-18-13-19(32-26-18)16-31-21-4-2-1-3-20(21)27-9-11-30-12-10-27/h1-8,15,19H,9-14,16H2,(H,25,29). The first-order chi connectivity index (χ1) is 15.8. The lowest BCUT2D eigenvalue weighted by Gasteiger charge is -2.30. The molecule has 2 aliphatic rings. The number of morpholine rings is 1. The maximum atomic E-state index is 12.5. The zero-order chi connectivity index (χ0) is 21.8. The van der Waals surface area contributed by atoms with E-state index in [0.717, 1.165) is 49.1 Å². The maximum Gasteiger partial charge on any atom is 0.253 e. The largest absolute Gasteiger partial charge is 0.487 e. The van der Waals surface area contributed by atoms with Gasteiger partial charge in [-0.15, -0.1) is 0 Å². The number of anilines is 1. The van der Waals surface area contributed by atoms with Crippen LogP contribution in [-0.4, -0.2) is 66.6 Å². The van der Waals surface area contributed by atoms with E-state index in [0.29, 0.717) is 25.1 Å². The molecule has 5 rings (SSSR count). The number of hydrogen-bond acceptors (Lipinski definition) is 7. The van der Waals surface area contributed by atoms with Gasteiger partial charge in [0.1, 0.15) is 18.0 Å². The van der Waals surface area contributed by atoms with Crippen LogP contribution in [0.4, 0.5) is 5.69 Å². The number of carbonyl (C=O) groups is 1. The Hall–Kier alpha value is -3.59. The predicted molar refractivity (Wildman–Crippen MR) is 119 cm³/mol. The second-order valence-electron chi connectivity index (χ2n) is 7.76. The Bertz CT molecular complexity index is 1120. The average molecular weight is 435 g/mol. The highest BCUT2D eigenvalue weighted by atomic mass is 16.7. The molecule has 0 radical (unpaired) electrons.